The van der Waals surface area contributed by atoms with Crippen molar-refractivity contribution in [1.82, 2.24) is 15.4 Å². The highest BCUT2D eigenvalue weighted by Gasteiger charge is 2.13. The number of hydrazone groups is 1. The van der Waals surface area contributed by atoms with Gasteiger partial charge in [-0.25, -0.2) is 15.2 Å². The number of H-pyrrole nitrogens is 1. The Morgan fingerprint density at radius 2 is 1.91 bits per heavy atom. The maximum absolute atomic E-state index is 12.3. The van der Waals surface area contributed by atoms with E-state index in [1.807, 2.05) is 24.3 Å². The summed E-state index contributed by atoms with van der Waals surface area (Å²) in [6, 6.07) is 18.9. The largest absolute Gasteiger partial charge is 0.493 e. The molecule has 0 spiro atoms. The number of esters is 1. The van der Waals surface area contributed by atoms with Crippen molar-refractivity contribution in [3.8, 4) is 11.5 Å². The number of carbonyl (C=O) groups is 2. The van der Waals surface area contributed by atoms with Crippen LogP contribution >= 0.6 is 23.4 Å². The van der Waals surface area contributed by atoms with Crippen LogP contribution in [0.2, 0.25) is 5.02 Å². The Labute approximate surface area is 204 Å². The van der Waals surface area contributed by atoms with E-state index in [1.54, 1.807) is 42.5 Å². The number of imidazole rings is 1. The highest BCUT2D eigenvalue weighted by Crippen LogP contribution is 2.28. The molecule has 0 saturated heterocycles. The molecule has 4 aromatic rings. The zero-order valence-electron chi connectivity index (χ0n) is 17.9. The molecule has 1 aromatic heterocycles. The number of methoxy groups -OCH3 is 1. The molecule has 34 heavy (non-hydrogen) atoms. The molecular formula is C24H19ClN4O4S. The Hall–Kier alpha value is -3.82. The Kier molecular flexibility index (Phi) is 7.46. The van der Waals surface area contributed by atoms with E-state index in [4.69, 9.17) is 21.1 Å². The fourth-order valence-corrected chi connectivity index (χ4v) is 3.74. The summed E-state index contributed by atoms with van der Waals surface area (Å²) in [5.74, 6) is -0.0586. The number of ether oxygens (including phenoxy) is 2. The lowest BCUT2D eigenvalue weighted by molar-refractivity contribution is -0.118. The van der Waals surface area contributed by atoms with Gasteiger partial charge in [-0.1, -0.05) is 35.5 Å². The number of halogens is 1. The van der Waals surface area contributed by atoms with E-state index >= 15 is 0 Å². The molecule has 1 heterocycles. The number of rotatable bonds is 8. The highest BCUT2D eigenvalue weighted by molar-refractivity contribution is 7.99. The third kappa shape index (κ3) is 5.94. The van der Waals surface area contributed by atoms with Crippen molar-refractivity contribution in [1.29, 1.82) is 0 Å². The highest BCUT2D eigenvalue weighted by atomic mass is 35.5. The van der Waals surface area contributed by atoms with Crippen molar-refractivity contribution < 1.29 is 19.1 Å². The molecule has 4 rings (SSSR count). The molecule has 0 fully saturated rings. The second-order valence-electron chi connectivity index (χ2n) is 6.95. The molecule has 0 unspecified atom stereocenters. The SMILES string of the molecule is COc1cc(/C=N\NC(=O)CSc2nc3ccccc3[nH]2)ccc1OC(=O)c1ccc(Cl)cc1. The third-order valence-electron chi connectivity index (χ3n) is 4.58. The molecule has 0 aliphatic heterocycles. The average Bonchev–Trinajstić information content (AvgIpc) is 3.27. The summed E-state index contributed by atoms with van der Waals surface area (Å²) < 4.78 is 10.7. The van der Waals surface area contributed by atoms with Crippen LogP contribution in [0, 0.1) is 0 Å². The van der Waals surface area contributed by atoms with Gasteiger partial charge in [-0.15, -0.1) is 0 Å². The van der Waals surface area contributed by atoms with Gasteiger partial charge in [-0.05, 0) is 60.2 Å². The maximum atomic E-state index is 12.3. The first-order valence-electron chi connectivity index (χ1n) is 10.1. The van der Waals surface area contributed by atoms with Crippen LogP contribution in [-0.2, 0) is 4.79 Å². The van der Waals surface area contributed by atoms with Gasteiger partial charge < -0.3 is 14.5 Å². The summed E-state index contributed by atoms with van der Waals surface area (Å²) in [7, 11) is 1.47. The molecule has 1 amide bonds. The number of nitrogens with one attached hydrogen (secondary N) is 2. The molecule has 0 bridgehead atoms. The first-order valence-corrected chi connectivity index (χ1v) is 11.4. The Morgan fingerprint density at radius 3 is 2.68 bits per heavy atom. The van der Waals surface area contributed by atoms with Gasteiger partial charge in [0.05, 0.1) is 35.7 Å². The molecule has 2 N–H and O–H groups in total. The van der Waals surface area contributed by atoms with Crippen molar-refractivity contribution in [3.05, 3.63) is 82.9 Å². The number of amides is 1. The fraction of sp³-hybridized carbons (Fsp3) is 0.0833. The van der Waals surface area contributed by atoms with Crippen LogP contribution in [0.3, 0.4) is 0 Å². The maximum Gasteiger partial charge on any atom is 0.343 e. The van der Waals surface area contributed by atoms with Gasteiger partial charge in [0.15, 0.2) is 16.7 Å². The van der Waals surface area contributed by atoms with Gasteiger partial charge in [-0.2, -0.15) is 5.10 Å². The van der Waals surface area contributed by atoms with Crippen molar-refractivity contribution in [2.75, 3.05) is 12.9 Å². The molecule has 10 heteroatoms. The molecule has 3 aromatic carbocycles. The molecule has 0 radical (unpaired) electrons. The lowest BCUT2D eigenvalue weighted by Crippen LogP contribution is -2.19. The number of para-hydroxylation sites is 2. The number of hydrogen-bond acceptors (Lipinski definition) is 7. The number of carbonyl (C=O) groups excluding carboxylic acids is 2. The minimum atomic E-state index is -0.536. The Morgan fingerprint density at radius 1 is 1.12 bits per heavy atom. The summed E-state index contributed by atoms with van der Waals surface area (Å²) in [6.07, 6.45) is 1.47. The molecule has 0 atom stereocenters. The van der Waals surface area contributed by atoms with Crippen LogP contribution in [0.4, 0.5) is 0 Å². The normalized spacial score (nSPS) is 11.0. The van der Waals surface area contributed by atoms with Crippen molar-refractivity contribution >= 4 is 52.5 Å². The number of aromatic amines is 1. The Balaban J connectivity index is 1.32. The number of aromatic nitrogens is 2. The quantitative estimate of drug-likeness (QED) is 0.121. The monoisotopic (exact) mass is 494 g/mol. The van der Waals surface area contributed by atoms with Crippen molar-refractivity contribution in [2.24, 2.45) is 5.10 Å². The predicted octanol–water partition coefficient (Wildman–Crippen LogP) is 4.69. The fourth-order valence-electron chi connectivity index (χ4n) is 2.94. The van der Waals surface area contributed by atoms with Gasteiger partial charge in [0.2, 0.25) is 0 Å². The second kappa shape index (κ2) is 10.9. The van der Waals surface area contributed by atoms with Gasteiger partial charge in [0, 0.05) is 5.02 Å². The zero-order chi connectivity index (χ0) is 23.9. The summed E-state index contributed by atoms with van der Waals surface area (Å²) in [6.45, 7) is 0. The standard InChI is InChI=1S/C24H19ClN4O4S/c1-32-21-12-15(6-11-20(21)33-23(31)16-7-9-17(25)10-8-16)13-26-29-22(30)14-34-24-27-18-4-2-3-5-19(18)28-24/h2-13H,14H2,1H3,(H,27,28)(H,29,30)/b26-13-. The average molecular weight is 495 g/mol. The van der Waals surface area contributed by atoms with Gasteiger partial charge in [0.1, 0.15) is 0 Å². The third-order valence-corrected chi connectivity index (χ3v) is 5.71. The molecule has 0 aliphatic carbocycles. The number of fused-ring (bicyclic) bond motifs is 1. The molecule has 0 saturated carbocycles. The van der Waals surface area contributed by atoms with Crippen LogP contribution in [0.25, 0.3) is 11.0 Å². The second-order valence-corrected chi connectivity index (χ2v) is 8.35. The van der Waals surface area contributed by atoms with Crippen molar-refractivity contribution in [2.45, 2.75) is 5.16 Å². The molecule has 0 aliphatic rings. The first-order chi connectivity index (χ1) is 16.5. The molecular weight excluding hydrogens is 476 g/mol. The minimum absolute atomic E-state index is 0.153. The van der Waals surface area contributed by atoms with E-state index in [0.717, 1.165) is 11.0 Å². The first kappa shape index (κ1) is 23.3. The van der Waals surface area contributed by atoms with E-state index in [9.17, 15) is 9.59 Å². The lowest BCUT2D eigenvalue weighted by Gasteiger charge is -2.10. The van der Waals surface area contributed by atoms with Crippen molar-refractivity contribution in [3.63, 3.8) is 0 Å². The summed E-state index contributed by atoms with van der Waals surface area (Å²) in [5, 5.41) is 5.16. The summed E-state index contributed by atoms with van der Waals surface area (Å²) >= 11 is 7.13. The van der Waals surface area contributed by atoms with Gasteiger partial charge in [0.25, 0.3) is 5.91 Å². The Bertz CT molecular complexity index is 1320. The van der Waals surface area contributed by atoms with Crippen LogP contribution in [0.1, 0.15) is 15.9 Å². The number of benzene rings is 3. The van der Waals surface area contributed by atoms with Gasteiger partial charge >= 0.3 is 5.97 Å². The van der Waals surface area contributed by atoms with E-state index in [-0.39, 0.29) is 17.4 Å². The van der Waals surface area contributed by atoms with E-state index < -0.39 is 5.97 Å². The van der Waals surface area contributed by atoms with E-state index in [1.165, 1.54) is 25.1 Å². The molecule has 172 valence electrons. The minimum Gasteiger partial charge on any atom is -0.493 e. The smallest absolute Gasteiger partial charge is 0.343 e. The summed E-state index contributed by atoms with van der Waals surface area (Å²) in [5.41, 5.74) is 5.25. The zero-order valence-corrected chi connectivity index (χ0v) is 19.5. The van der Waals surface area contributed by atoms with E-state index in [2.05, 4.69) is 20.5 Å². The number of hydrogen-bond donors (Lipinski definition) is 2. The van der Waals surface area contributed by atoms with Crippen LogP contribution in [0.5, 0.6) is 11.5 Å². The number of thioether (sulfide) groups is 1. The van der Waals surface area contributed by atoms with Crippen LogP contribution in [-0.4, -0.2) is 40.9 Å². The predicted molar refractivity (Wildman–Crippen MR) is 132 cm³/mol. The van der Waals surface area contributed by atoms with Crippen LogP contribution < -0.4 is 14.9 Å². The summed E-state index contributed by atoms with van der Waals surface area (Å²) in [4.78, 5) is 32.0. The van der Waals surface area contributed by atoms with E-state index in [0.29, 0.717) is 27.1 Å². The topological polar surface area (TPSA) is 106 Å². The van der Waals surface area contributed by atoms with Crippen LogP contribution in [0.15, 0.2) is 77.0 Å². The lowest BCUT2D eigenvalue weighted by atomic mass is 10.2. The number of nitrogens with zero attached hydrogens (tertiary/aromatic N) is 2. The molecule has 8 nitrogen and oxygen atoms in total. The van der Waals surface area contributed by atoms with Gasteiger partial charge in [-0.3, -0.25) is 4.79 Å².